The van der Waals surface area contributed by atoms with Crippen LogP contribution in [0.1, 0.15) is 46.7 Å². The molecule has 1 aromatic heterocycles. The highest BCUT2D eigenvalue weighted by atomic mass is 16.5. The lowest BCUT2D eigenvalue weighted by molar-refractivity contribution is 0.333. The number of benzene rings is 1. The molecule has 0 amide bonds. The Morgan fingerprint density at radius 1 is 0.920 bits per heavy atom. The van der Waals surface area contributed by atoms with Crippen LogP contribution in [0.15, 0.2) is 47.2 Å². The van der Waals surface area contributed by atoms with E-state index < -0.39 is 0 Å². The lowest BCUT2D eigenvalue weighted by atomic mass is 10.2. The quantitative estimate of drug-likeness (QED) is 0.630. The Labute approximate surface area is 154 Å². The van der Waals surface area contributed by atoms with Crippen LogP contribution in [0.4, 0.5) is 5.69 Å². The third-order valence-corrected chi connectivity index (χ3v) is 3.72. The summed E-state index contributed by atoms with van der Waals surface area (Å²) in [7, 11) is 2.18. The zero-order chi connectivity index (χ0) is 18.9. The second-order valence-corrected chi connectivity index (χ2v) is 5.31. The fourth-order valence-corrected chi connectivity index (χ4v) is 2.41. The van der Waals surface area contributed by atoms with Gasteiger partial charge in [0.1, 0.15) is 6.26 Å². The highest BCUT2D eigenvalue weighted by molar-refractivity contribution is 5.45. The van der Waals surface area contributed by atoms with Gasteiger partial charge in [-0.3, -0.25) is 0 Å². The summed E-state index contributed by atoms with van der Waals surface area (Å²) >= 11 is 0. The fourth-order valence-electron chi connectivity index (χ4n) is 2.41. The van der Waals surface area contributed by atoms with Gasteiger partial charge >= 0.3 is 0 Å². The molecule has 0 aliphatic rings. The molecule has 0 spiro atoms. The molecule has 0 radical (unpaired) electrons. The largest absolute Gasteiger partial charge is 0.371 e. The van der Waals surface area contributed by atoms with Crippen LogP contribution < -0.4 is 4.90 Å². The van der Waals surface area contributed by atoms with Crippen LogP contribution >= 0.6 is 0 Å². The maximum Gasteiger partial charge on any atom is 0.124 e. The molecule has 0 fully saturated rings. The number of aromatic nitrogens is 1. The molecule has 25 heavy (non-hydrogen) atoms. The van der Waals surface area contributed by atoms with Crippen molar-refractivity contribution < 1.29 is 4.52 Å². The van der Waals surface area contributed by atoms with Crippen LogP contribution in [0.5, 0.6) is 0 Å². The number of anilines is 1. The predicted molar refractivity (Wildman–Crippen MR) is 109 cm³/mol. The molecule has 0 saturated carbocycles. The van der Waals surface area contributed by atoms with Crippen LogP contribution in [0, 0.1) is 0 Å². The van der Waals surface area contributed by atoms with Crippen molar-refractivity contribution in [2.24, 2.45) is 0 Å². The van der Waals surface area contributed by atoms with Gasteiger partial charge in [0.2, 0.25) is 0 Å². The summed E-state index contributed by atoms with van der Waals surface area (Å²) in [6, 6.07) is 12.5. The van der Waals surface area contributed by atoms with Crippen molar-refractivity contribution >= 4 is 5.69 Å². The zero-order valence-corrected chi connectivity index (χ0v) is 17.0. The number of para-hydroxylation sites is 1. The minimum absolute atomic E-state index is 0.983. The van der Waals surface area contributed by atoms with Gasteiger partial charge in [-0.05, 0) is 45.5 Å². The van der Waals surface area contributed by atoms with E-state index in [1.165, 1.54) is 5.69 Å². The molecule has 0 saturated heterocycles. The summed E-state index contributed by atoms with van der Waals surface area (Å²) in [5.41, 5.74) is 2.35. The molecule has 142 valence electrons. The first-order chi connectivity index (χ1) is 12.3. The zero-order valence-electron chi connectivity index (χ0n) is 17.0. The standard InChI is InChI=1S/C17H25N3O.2C2H6/c1-3-20(17-9-5-4-6-10-17)14-13-19(2)12-7-8-16-11-15-21-18-16;2*1-2/h4-6,9-11,15H,3,7-8,12-14H2,1-2H3;2*1-2H3. The number of aryl methyl sites for hydroxylation is 1. The summed E-state index contributed by atoms with van der Waals surface area (Å²) in [6.45, 7) is 14.5. The molecule has 0 unspecified atom stereocenters. The molecule has 1 heterocycles. The second-order valence-electron chi connectivity index (χ2n) is 5.31. The van der Waals surface area contributed by atoms with Crippen LogP contribution in [0.2, 0.25) is 0 Å². The molecule has 2 aromatic rings. The maximum absolute atomic E-state index is 4.84. The summed E-state index contributed by atoms with van der Waals surface area (Å²) in [5, 5.41) is 3.94. The van der Waals surface area contributed by atoms with E-state index in [1.54, 1.807) is 6.26 Å². The molecule has 4 nitrogen and oxygen atoms in total. The Morgan fingerprint density at radius 2 is 1.60 bits per heavy atom. The van der Waals surface area contributed by atoms with Crippen molar-refractivity contribution in [1.82, 2.24) is 10.1 Å². The van der Waals surface area contributed by atoms with Gasteiger partial charge in [-0.15, -0.1) is 0 Å². The van der Waals surface area contributed by atoms with E-state index in [0.29, 0.717) is 0 Å². The molecular weight excluding hydrogens is 310 g/mol. The van der Waals surface area contributed by atoms with Gasteiger partial charge in [0.15, 0.2) is 0 Å². The average Bonchev–Trinajstić information content (AvgIpc) is 3.20. The predicted octanol–water partition coefficient (Wildman–Crippen LogP) is 5.12. The van der Waals surface area contributed by atoms with E-state index in [1.807, 2.05) is 33.8 Å². The smallest absolute Gasteiger partial charge is 0.124 e. The highest BCUT2D eigenvalue weighted by Gasteiger charge is 2.06. The Kier molecular flexibility index (Phi) is 14.6. The van der Waals surface area contributed by atoms with Crippen molar-refractivity contribution in [1.29, 1.82) is 0 Å². The van der Waals surface area contributed by atoms with Gasteiger partial charge in [0, 0.05) is 31.4 Å². The second kappa shape index (κ2) is 15.7. The topological polar surface area (TPSA) is 32.5 Å². The molecule has 2 rings (SSSR count). The average molecular weight is 348 g/mol. The van der Waals surface area contributed by atoms with Crippen molar-refractivity contribution in [2.75, 3.05) is 38.1 Å². The first kappa shape index (κ1) is 23.2. The van der Waals surface area contributed by atoms with Crippen LogP contribution in [-0.2, 0) is 6.42 Å². The lowest BCUT2D eigenvalue weighted by Gasteiger charge is -2.26. The maximum atomic E-state index is 4.84. The van der Waals surface area contributed by atoms with Crippen LogP contribution in [0.25, 0.3) is 0 Å². The van der Waals surface area contributed by atoms with E-state index in [4.69, 9.17) is 4.52 Å². The van der Waals surface area contributed by atoms with Crippen molar-refractivity contribution in [3.8, 4) is 0 Å². The van der Waals surface area contributed by atoms with Gasteiger partial charge in [-0.1, -0.05) is 51.1 Å². The third kappa shape index (κ3) is 9.92. The van der Waals surface area contributed by atoms with Crippen LogP contribution in [0.3, 0.4) is 0 Å². The van der Waals surface area contributed by atoms with Crippen LogP contribution in [-0.4, -0.2) is 43.3 Å². The third-order valence-electron chi connectivity index (χ3n) is 3.72. The molecule has 4 heteroatoms. The summed E-state index contributed by atoms with van der Waals surface area (Å²) in [5.74, 6) is 0. The first-order valence-electron chi connectivity index (χ1n) is 9.67. The Bertz CT molecular complexity index is 485. The summed E-state index contributed by atoms with van der Waals surface area (Å²) < 4.78 is 4.84. The molecule has 0 N–H and O–H groups in total. The normalized spacial score (nSPS) is 9.72. The van der Waals surface area contributed by atoms with Crippen molar-refractivity contribution in [3.63, 3.8) is 0 Å². The number of hydrogen-bond donors (Lipinski definition) is 0. The number of nitrogens with zero attached hydrogens (tertiary/aromatic N) is 3. The number of likely N-dealkylation sites (N-methyl/N-ethyl adjacent to an activating group) is 2. The Morgan fingerprint density at radius 3 is 2.16 bits per heavy atom. The summed E-state index contributed by atoms with van der Waals surface area (Å²) in [4.78, 5) is 4.79. The SMILES string of the molecule is CC.CC.CCN(CCN(C)CCCc1ccon1)c1ccccc1. The van der Waals surface area contributed by atoms with Gasteiger partial charge in [-0.2, -0.15) is 0 Å². The minimum Gasteiger partial charge on any atom is -0.371 e. The molecule has 0 bridgehead atoms. The van der Waals surface area contributed by atoms with E-state index >= 15 is 0 Å². The van der Waals surface area contributed by atoms with Crippen molar-refractivity contribution in [3.05, 3.63) is 48.4 Å². The molecule has 0 aliphatic heterocycles. The lowest BCUT2D eigenvalue weighted by Crippen LogP contribution is -2.33. The number of hydrogen-bond acceptors (Lipinski definition) is 4. The van der Waals surface area contributed by atoms with Gasteiger partial charge in [0.05, 0.1) is 5.69 Å². The van der Waals surface area contributed by atoms with E-state index in [-0.39, 0.29) is 0 Å². The minimum atomic E-state index is 0.983. The molecule has 0 aliphatic carbocycles. The highest BCUT2D eigenvalue weighted by Crippen LogP contribution is 2.12. The van der Waals surface area contributed by atoms with Gasteiger partial charge in [0.25, 0.3) is 0 Å². The van der Waals surface area contributed by atoms with Crippen molar-refractivity contribution in [2.45, 2.75) is 47.5 Å². The Hall–Kier alpha value is -1.81. The van der Waals surface area contributed by atoms with E-state index in [0.717, 1.165) is 44.7 Å². The fraction of sp³-hybridized carbons (Fsp3) is 0.571. The molecule has 0 atom stereocenters. The molecule has 1 aromatic carbocycles. The number of rotatable bonds is 9. The van der Waals surface area contributed by atoms with Gasteiger partial charge in [-0.25, -0.2) is 0 Å². The summed E-state index contributed by atoms with van der Waals surface area (Å²) in [6.07, 6.45) is 3.73. The monoisotopic (exact) mass is 347 g/mol. The molecular formula is C21H37N3O. The Balaban J connectivity index is 0.00000134. The first-order valence-corrected chi connectivity index (χ1v) is 9.67. The van der Waals surface area contributed by atoms with E-state index in [9.17, 15) is 0 Å². The van der Waals surface area contributed by atoms with E-state index in [2.05, 4.69) is 59.3 Å². The van der Waals surface area contributed by atoms with Gasteiger partial charge < -0.3 is 14.3 Å².